The zero-order valence-corrected chi connectivity index (χ0v) is 13.4. The molecule has 1 N–H and O–H groups in total. The molecule has 1 aliphatic heterocycles. The first-order valence-corrected chi connectivity index (χ1v) is 7.64. The topological polar surface area (TPSA) is 78.2 Å². The summed E-state index contributed by atoms with van der Waals surface area (Å²) >= 11 is 0. The van der Waals surface area contributed by atoms with Crippen LogP contribution >= 0.6 is 0 Å². The van der Waals surface area contributed by atoms with Gasteiger partial charge < -0.3 is 10.1 Å². The Bertz CT molecular complexity index is 860. The summed E-state index contributed by atoms with van der Waals surface area (Å²) in [5, 5.41) is 11.7. The number of carbonyl (C=O) groups excluding carboxylic acids is 1. The van der Waals surface area contributed by atoms with Gasteiger partial charge in [0, 0.05) is 12.2 Å². The first kappa shape index (κ1) is 17.5. The fraction of sp³-hybridized carbons (Fsp3) is 0.235. The number of hydrogen-bond donors (Lipinski definition) is 1. The van der Waals surface area contributed by atoms with Gasteiger partial charge in [-0.1, -0.05) is 12.1 Å². The number of benzene rings is 1. The molecule has 0 aliphatic carbocycles. The number of nitriles is 1. The Morgan fingerprint density at radius 3 is 2.54 bits per heavy atom. The SMILES string of the molecule is N#Cc1nc(NCc2ccc(N3CCOC3=O)cc2)ccc1C(F)(F)F. The van der Waals surface area contributed by atoms with Gasteiger partial charge in [0.2, 0.25) is 0 Å². The van der Waals surface area contributed by atoms with Crippen LogP contribution in [0.2, 0.25) is 0 Å². The number of halogens is 3. The molecule has 0 spiro atoms. The van der Waals surface area contributed by atoms with Gasteiger partial charge in [-0.3, -0.25) is 4.90 Å². The molecule has 1 fully saturated rings. The third-order valence-electron chi connectivity index (χ3n) is 3.79. The highest BCUT2D eigenvalue weighted by Gasteiger charge is 2.34. The van der Waals surface area contributed by atoms with Crippen molar-refractivity contribution in [3.63, 3.8) is 0 Å². The summed E-state index contributed by atoms with van der Waals surface area (Å²) < 4.78 is 43.2. The number of nitrogens with one attached hydrogen (secondary N) is 1. The van der Waals surface area contributed by atoms with E-state index in [9.17, 15) is 18.0 Å². The van der Waals surface area contributed by atoms with E-state index in [2.05, 4.69) is 10.3 Å². The molecule has 9 heteroatoms. The molecule has 2 aromatic rings. The first-order valence-electron chi connectivity index (χ1n) is 7.64. The minimum Gasteiger partial charge on any atom is -0.447 e. The van der Waals surface area contributed by atoms with Crippen LogP contribution in [0.5, 0.6) is 0 Å². The van der Waals surface area contributed by atoms with Gasteiger partial charge in [-0.15, -0.1) is 0 Å². The van der Waals surface area contributed by atoms with E-state index < -0.39 is 23.5 Å². The summed E-state index contributed by atoms with van der Waals surface area (Å²) in [5.74, 6) is 0.168. The normalized spacial score (nSPS) is 14.1. The zero-order chi connectivity index (χ0) is 18.7. The van der Waals surface area contributed by atoms with Crippen molar-refractivity contribution >= 4 is 17.6 Å². The maximum atomic E-state index is 12.8. The average molecular weight is 362 g/mol. The van der Waals surface area contributed by atoms with Crippen LogP contribution in [0.3, 0.4) is 0 Å². The van der Waals surface area contributed by atoms with E-state index >= 15 is 0 Å². The van der Waals surface area contributed by atoms with E-state index in [4.69, 9.17) is 10.00 Å². The Hall–Kier alpha value is -3.28. The molecule has 26 heavy (non-hydrogen) atoms. The van der Waals surface area contributed by atoms with Gasteiger partial charge in [-0.05, 0) is 29.8 Å². The number of hydrogen-bond acceptors (Lipinski definition) is 5. The van der Waals surface area contributed by atoms with E-state index in [-0.39, 0.29) is 5.82 Å². The molecule has 0 atom stereocenters. The lowest BCUT2D eigenvalue weighted by Crippen LogP contribution is -2.23. The molecule has 0 radical (unpaired) electrons. The predicted octanol–water partition coefficient (Wildman–Crippen LogP) is 3.54. The van der Waals surface area contributed by atoms with Crippen molar-refractivity contribution in [2.75, 3.05) is 23.4 Å². The summed E-state index contributed by atoms with van der Waals surface area (Å²) in [6.07, 6.45) is -5.02. The highest BCUT2D eigenvalue weighted by atomic mass is 19.4. The second kappa shape index (κ2) is 6.92. The van der Waals surface area contributed by atoms with Crippen LogP contribution in [0, 0.1) is 11.3 Å². The highest BCUT2D eigenvalue weighted by molar-refractivity contribution is 5.89. The van der Waals surface area contributed by atoms with Crippen molar-refractivity contribution in [1.29, 1.82) is 5.26 Å². The number of ether oxygens (including phenoxy) is 1. The maximum Gasteiger partial charge on any atom is 0.419 e. The zero-order valence-electron chi connectivity index (χ0n) is 13.4. The van der Waals surface area contributed by atoms with Crippen molar-refractivity contribution < 1.29 is 22.7 Å². The molecule has 6 nitrogen and oxygen atoms in total. The van der Waals surface area contributed by atoms with Gasteiger partial charge in [0.05, 0.1) is 12.1 Å². The van der Waals surface area contributed by atoms with Crippen molar-refractivity contribution in [2.45, 2.75) is 12.7 Å². The van der Waals surface area contributed by atoms with Crippen molar-refractivity contribution in [1.82, 2.24) is 4.98 Å². The Balaban J connectivity index is 1.67. The Labute approximate surface area is 146 Å². The fourth-order valence-corrected chi connectivity index (χ4v) is 2.49. The number of aromatic nitrogens is 1. The molecule has 0 unspecified atom stereocenters. The van der Waals surface area contributed by atoms with Gasteiger partial charge in [0.15, 0.2) is 5.69 Å². The summed E-state index contributed by atoms with van der Waals surface area (Å²) in [6.45, 7) is 1.14. The summed E-state index contributed by atoms with van der Waals surface area (Å²) in [4.78, 5) is 16.7. The fourth-order valence-electron chi connectivity index (χ4n) is 2.49. The van der Waals surface area contributed by atoms with E-state index in [0.717, 1.165) is 11.6 Å². The smallest absolute Gasteiger partial charge is 0.419 e. The van der Waals surface area contributed by atoms with Crippen molar-refractivity contribution in [3.05, 3.63) is 53.2 Å². The molecule has 1 aromatic carbocycles. The van der Waals surface area contributed by atoms with Gasteiger partial charge >= 0.3 is 12.3 Å². The Kier molecular flexibility index (Phi) is 4.67. The number of anilines is 2. The first-order chi connectivity index (χ1) is 12.4. The highest BCUT2D eigenvalue weighted by Crippen LogP contribution is 2.31. The molecular weight excluding hydrogens is 349 g/mol. The lowest BCUT2D eigenvalue weighted by Gasteiger charge is -2.13. The minimum absolute atomic E-state index is 0.168. The molecular formula is C17H13F3N4O2. The largest absolute Gasteiger partial charge is 0.447 e. The monoisotopic (exact) mass is 362 g/mol. The van der Waals surface area contributed by atoms with Gasteiger partial charge in [0.25, 0.3) is 0 Å². The van der Waals surface area contributed by atoms with Crippen LogP contribution in [0.25, 0.3) is 0 Å². The molecule has 1 aliphatic rings. The molecule has 0 saturated carbocycles. The van der Waals surface area contributed by atoms with Crippen molar-refractivity contribution in [2.24, 2.45) is 0 Å². The van der Waals surface area contributed by atoms with Crippen LogP contribution in [-0.2, 0) is 17.5 Å². The molecule has 1 saturated heterocycles. The Morgan fingerprint density at radius 2 is 1.96 bits per heavy atom. The van der Waals surface area contributed by atoms with Crippen LogP contribution in [-0.4, -0.2) is 24.2 Å². The number of nitrogens with zero attached hydrogens (tertiary/aromatic N) is 3. The van der Waals surface area contributed by atoms with Crippen LogP contribution < -0.4 is 10.2 Å². The number of carbonyl (C=O) groups is 1. The van der Waals surface area contributed by atoms with Crippen LogP contribution in [0.1, 0.15) is 16.8 Å². The molecule has 2 heterocycles. The second-order valence-electron chi connectivity index (χ2n) is 5.49. The maximum absolute atomic E-state index is 12.8. The molecule has 134 valence electrons. The molecule has 1 amide bonds. The standard InChI is InChI=1S/C17H13F3N4O2/c18-17(19,20)13-5-6-15(23-14(13)9-21)22-10-11-1-3-12(4-2-11)24-7-8-26-16(24)25/h1-6H,7-8,10H2,(H,22,23). The predicted molar refractivity (Wildman–Crippen MR) is 86.4 cm³/mol. The molecule has 1 aromatic heterocycles. The van der Waals surface area contributed by atoms with Gasteiger partial charge in [0.1, 0.15) is 18.5 Å². The van der Waals surface area contributed by atoms with Crippen LogP contribution in [0.4, 0.5) is 29.5 Å². The van der Waals surface area contributed by atoms with Crippen molar-refractivity contribution in [3.8, 4) is 6.07 Å². The summed E-state index contributed by atoms with van der Waals surface area (Å²) in [6, 6.07) is 10.5. The Morgan fingerprint density at radius 1 is 1.23 bits per heavy atom. The number of alkyl halides is 3. The summed E-state index contributed by atoms with van der Waals surface area (Å²) in [7, 11) is 0. The number of cyclic esters (lactones) is 1. The molecule has 0 bridgehead atoms. The lowest BCUT2D eigenvalue weighted by molar-refractivity contribution is -0.138. The average Bonchev–Trinajstić information content (AvgIpc) is 3.05. The quantitative estimate of drug-likeness (QED) is 0.900. The van der Waals surface area contributed by atoms with E-state index in [0.29, 0.717) is 25.4 Å². The van der Waals surface area contributed by atoms with E-state index in [1.54, 1.807) is 24.3 Å². The number of pyridine rings is 1. The third kappa shape index (κ3) is 3.69. The minimum atomic E-state index is -4.62. The second-order valence-corrected chi connectivity index (χ2v) is 5.49. The van der Waals surface area contributed by atoms with Crippen LogP contribution in [0.15, 0.2) is 36.4 Å². The third-order valence-corrected chi connectivity index (χ3v) is 3.79. The number of rotatable bonds is 4. The van der Waals surface area contributed by atoms with E-state index in [1.807, 2.05) is 0 Å². The summed E-state index contributed by atoms with van der Waals surface area (Å²) in [5.41, 5.74) is -0.199. The van der Waals surface area contributed by atoms with E-state index in [1.165, 1.54) is 17.0 Å². The lowest BCUT2D eigenvalue weighted by atomic mass is 10.2. The van der Waals surface area contributed by atoms with Gasteiger partial charge in [-0.25, -0.2) is 9.78 Å². The number of amides is 1. The van der Waals surface area contributed by atoms with Gasteiger partial charge in [-0.2, -0.15) is 18.4 Å². The molecule has 3 rings (SSSR count).